The minimum absolute atomic E-state index is 0.796. The van der Waals surface area contributed by atoms with Crippen LogP contribution in [0.1, 0.15) is 33.6 Å². The van der Waals surface area contributed by atoms with Crippen LogP contribution in [0.4, 0.5) is 0 Å². The second-order valence-electron chi connectivity index (χ2n) is 3.78. The molecular formula is C10H18. The van der Waals surface area contributed by atoms with Gasteiger partial charge in [-0.2, -0.15) is 0 Å². The van der Waals surface area contributed by atoms with E-state index in [1.54, 1.807) is 0 Å². The van der Waals surface area contributed by atoms with E-state index in [4.69, 9.17) is 0 Å². The molecule has 1 aliphatic rings. The van der Waals surface area contributed by atoms with Crippen molar-refractivity contribution in [1.29, 1.82) is 0 Å². The van der Waals surface area contributed by atoms with E-state index in [0.717, 1.165) is 17.8 Å². The lowest BCUT2D eigenvalue weighted by Gasteiger charge is -2.13. The molecule has 0 N–H and O–H groups in total. The van der Waals surface area contributed by atoms with E-state index in [1.807, 2.05) is 0 Å². The minimum Gasteiger partial charge on any atom is -0.0854 e. The van der Waals surface area contributed by atoms with E-state index in [9.17, 15) is 0 Å². The minimum atomic E-state index is 0.796. The van der Waals surface area contributed by atoms with Gasteiger partial charge in [-0.05, 0) is 30.6 Å². The Morgan fingerprint density at radius 3 is 2.40 bits per heavy atom. The Morgan fingerprint density at radius 2 is 1.70 bits per heavy atom. The average molecular weight is 138 g/mol. The highest BCUT2D eigenvalue weighted by atomic mass is 14.2. The van der Waals surface area contributed by atoms with Gasteiger partial charge in [-0.25, -0.2) is 0 Å². The van der Waals surface area contributed by atoms with Gasteiger partial charge in [0.1, 0.15) is 0 Å². The van der Waals surface area contributed by atoms with Crippen LogP contribution in [-0.4, -0.2) is 0 Å². The summed E-state index contributed by atoms with van der Waals surface area (Å²) < 4.78 is 0. The Bertz CT molecular complexity index is 124. The van der Waals surface area contributed by atoms with Crippen LogP contribution in [0.15, 0.2) is 12.2 Å². The first-order valence-corrected chi connectivity index (χ1v) is 4.38. The van der Waals surface area contributed by atoms with Crippen molar-refractivity contribution in [2.24, 2.45) is 17.8 Å². The third kappa shape index (κ3) is 1.86. The maximum Gasteiger partial charge on any atom is -0.0236 e. The topological polar surface area (TPSA) is 0 Å². The average Bonchev–Trinajstić information content (AvgIpc) is 2.04. The van der Waals surface area contributed by atoms with Crippen molar-refractivity contribution < 1.29 is 0 Å². The highest BCUT2D eigenvalue weighted by Gasteiger charge is 2.13. The van der Waals surface area contributed by atoms with Gasteiger partial charge in [0.2, 0.25) is 0 Å². The van der Waals surface area contributed by atoms with E-state index < -0.39 is 0 Å². The molecule has 0 heterocycles. The molecule has 0 aromatic rings. The molecule has 0 aromatic heterocycles. The molecule has 1 unspecified atom stereocenters. The summed E-state index contributed by atoms with van der Waals surface area (Å²) in [4.78, 5) is 0. The van der Waals surface area contributed by atoms with Crippen molar-refractivity contribution in [1.82, 2.24) is 0 Å². The van der Waals surface area contributed by atoms with Crippen molar-refractivity contribution in [2.45, 2.75) is 33.6 Å². The molecule has 0 saturated carbocycles. The molecule has 0 spiro atoms. The van der Waals surface area contributed by atoms with Gasteiger partial charge in [-0.1, -0.05) is 32.9 Å². The van der Waals surface area contributed by atoms with Crippen molar-refractivity contribution in [2.75, 3.05) is 0 Å². The Morgan fingerprint density at radius 1 is 1.00 bits per heavy atom. The molecule has 0 nitrogen and oxygen atoms in total. The zero-order chi connectivity index (χ0) is 7.56. The molecule has 58 valence electrons. The predicted molar refractivity (Wildman–Crippen MR) is 45.9 cm³/mol. The maximum atomic E-state index is 2.38. The molecule has 1 rings (SSSR count). The summed E-state index contributed by atoms with van der Waals surface area (Å²) in [5.74, 6) is 2.50. The van der Waals surface area contributed by atoms with Crippen LogP contribution in [0, 0.1) is 17.8 Å². The molecule has 0 aromatic carbocycles. The van der Waals surface area contributed by atoms with Gasteiger partial charge in [0.25, 0.3) is 0 Å². The Labute approximate surface area is 64.3 Å². The molecule has 10 heavy (non-hydrogen) atoms. The van der Waals surface area contributed by atoms with Crippen LogP contribution >= 0.6 is 0 Å². The smallest absolute Gasteiger partial charge is 0.0236 e. The van der Waals surface area contributed by atoms with Crippen molar-refractivity contribution >= 4 is 0 Å². The summed E-state index contributed by atoms with van der Waals surface area (Å²) >= 11 is 0. The van der Waals surface area contributed by atoms with Gasteiger partial charge in [-0.15, -0.1) is 0 Å². The van der Waals surface area contributed by atoms with E-state index in [0.29, 0.717) is 0 Å². The van der Waals surface area contributed by atoms with Gasteiger partial charge >= 0.3 is 0 Å². The molecule has 0 bridgehead atoms. The summed E-state index contributed by atoms with van der Waals surface area (Å²) in [6.07, 6.45) is 7.52. The van der Waals surface area contributed by atoms with Gasteiger partial charge in [0.15, 0.2) is 0 Å². The fraction of sp³-hybridized carbons (Fsp3) is 0.800. The van der Waals surface area contributed by atoms with Crippen LogP contribution in [0.5, 0.6) is 0 Å². The van der Waals surface area contributed by atoms with Gasteiger partial charge in [0, 0.05) is 0 Å². The molecule has 3 atom stereocenters. The molecular weight excluding hydrogens is 120 g/mol. The van der Waals surface area contributed by atoms with Crippen LogP contribution in [0.25, 0.3) is 0 Å². The lowest BCUT2D eigenvalue weighted by Crippen LogP contribution is -2.02. The summed E-state index contributed by atoms with van der Waals surface area (Å²) in [7, 11) is 0. The molecule has 0 aliphatic heterocycles. The van der Waals surface area contributed by atoms with Crippen LogP contribution < -0.4 is 0 Å². The number of allylic oxidation sites excluding steroid dienone is 2. The van der Waals surface area contributed by atoms with Crippen LogP contribution in [0.3, 0.4) is 0 Å². The van der Waals surface area contributed by atoms with Crippen molar-refractivity contribution in [3.05, 3.63) is 12.2 Å². The standard InChI is InChI=1S/C10H18/c1-8-4-6-9(2)10(3)7-5-8/h4,6,8-10H,5,7H2,1-3H3/t8-,9?,10+/m0/s1. The quantitative estimate of drug-likeness (QED) is 0.451. The summed E-state index contributed by atoms with van der Waals surface area (Å²) in [5, 5.41) is 0. The fourth-order valence-electron chi connectivity index (χ4n) is 1.44. The lowest BCUT2D eigenvalue weighted by atomic mass is 9.93. The maximum absolute atomic E-state index is 2.38. The van der Waals surface area contributed by atoms with Gasteiger partial charge in [-0.3, -0.25) is 0 Å². The first-order valence-electron chi connectivity index (χ1n) is 4.38. The zero-order valence-electron chi connectivity index (χ0n) is 7.30. The SMILES string of the molecule is CC1C=C[C@H](C)CC[C@H]1C. The third-order valence-corrected chi connectivity index (χ3v) is 2.72. The second kappa shape index (κ2) is 3.23. The summed E-state index contributed by atoms with van der Waals surface area (Å²) in [6, 6.07) is 0. The monoisotopic (exact) mass is 138 g/mol. The molecule has 0 saturated heterocycles. The normalized spacial score (nSPS) is 41.3. The van der Waals surface area contributed by atoms with E-state index in [-0.39, 0.29) is 0 Å². The predicted octanol–water partition coefficient (Wildman–Crippen LogP) is 3.24. The first-order chi connectivity index (χ1) is 4.70. The largest absolute Gasteiger partial charge is 0.0854 e. The van der Waals surface area contributed by atoms with E-state index >= 15 is 0 Å². The van der Waals surface area contributed by atoms with Crippen LogP contribution in [-0.2, 0) is 0 Å². The van der Waals surface area contributed by atoms with Crippen LogP contribution in [0.2, 0.25) is 0 Å². The number of hydrogen-bond donors (Lipinski definition) is 0. The van der Waals surface area contributed by atoms with Gasteiger partial charge < -0.3 is 0 Å². The summed E-state index contributed by atoms with van der Waals surface area (Å²) in [5.41, 5.74) is 0. The highest BCUT2D eigenvalue weighted by molar-refractivity contribution is 4.94. The highest BCUT2D eigenvalue weighted by Crippen LogP contribution is 2.25. The fourth-order valence-corrected chi connectivity index (χ4v) is 1.44. The Hall–Kier alpha value is -0.260. The Kier molecular flexibility index (Phi) is 2.53. The number of rotatable bonds is 0. The molecule has 0 amide bonds. The van der Waals surface area contributed by atoms with Crippen molar-refractivity contribution in [3.63, 3.8) is 0 Å². The molecule has 1 aliphatic carbocycles. The molecule has 0 radical (unpaired) electrons. The summed E-state index contributed by atoms with van der Waals surface area (Å²) in [6.45, 7) is 6.98. The lowest BCUT2D eigenvalue weighted by molar-refractivity contribution is 0.412. The van der Waals surface area contributed by atoms with E-state index in [2.05, 4.69) is 32.9 Å². The number of hydrogen-bond acceptors (Lipinski definition) is 0. The van der Waals surface area contributed by atoms with Crippen molar-refractivity contribution in [3.8, 4) is 0 Å². The second-order valence-corrected chi connectivity index (χ2v) is 3.78. The zero-order valence-corrected chi connectivity index (χ0v) is 7.30. The third-order valence-electron chi connectivity index (χ3n) is 2.72. The van der Waals surface area contributed by atoms with E-state index in [1.165, 1.54) is 12.8 Å². The first kappa shape index (κ1) is 7.84. The van der Waals surface area contributed by atoms with Gasteiger partial charge in [0.05, 0.1) is 0 Å². The Balaban J connectivity index is 2.53. The molecule has 0 fully saturated rings. The molecule has 0 heteroatoms.